The number of amides is 1. The quantitative estimate of drug-likeness (QED) is 0.730. The number of hydrogen-bond donors (Lipinski definition) is 3. The molecule has 5 nitrogen and oxygen atoms in total. The van der Waals surface area contributed by atoms with E-state index in [0.29, 0.717) is 10.2 Å². The first-order valence-electron chi connectivity index (χ1n) is 6.24. The number of carbonyl (C=O) groups is 1. The maximum absolute atomic E-state index is 12.2. The highest BCUT2D eigenvalue weighted by Gasteiger charge is 2.22. The number of pyridine rings is 1. The molecule has 1 amide bonds. The summed E-state index contributed by atoms with van der Waals surface area (Å²) < 4.78 is 0.472. The van der Waals surface area contributed by atoms with Crippen LogP contribution in [0.5, 0.6) is 0 Å². The molecule has 3 N–H and O–H groups in total. The molecule has 2 heterocycles. The number of aryl methyl sites for hydroxylation is 1. The summed E-state index contributed by atoms with van der Waals surface area (Å²) in [5.74, 6) is -0.112. The first-order chi connectivity index (χ1) is 9.24. The fourth-order valence-corrected chi connectivity index (χ4v) is 2.63. The summed E-state index contributed by atoms with van der Waals surface area (Å²) in [6.45, 7) is 0. The Balaban J connectivity index is 1.72. The number of nitrogens with zero attached hydrogens (tertiary/aromatic N) is 1. The van der Waals surface area contributed by atoms with Crippen LogP contribution < -0.4 is 5.32 Å². The highest BCUT2D eigenvalue weighted by molar-refractivity contribution is 7.71. The van der Waals surface area contributed by atoms with Crippen LogP contribution in [0.2, 0.25) is 0 Å². The van der Waals surface area contributed by atoms with E-state index in [0.717, 1.165) is 19.3 Å². The van der Waals surface area contributed by atoms with Gasteiger partial charge in [-0.15, -0.1) is 0 Å². The molecule has 19 heavy (non-hydrogen) atoms. The molecule has 3 rings (SSSR count). The highest BCUT2D eigenvalue weighted by Crippen LogP contribution is 2.19. The van der Waals surface area contributed by atoms with E-state index in [1.54, 1.807) is 18.3 Å². The molecule has 0 bridgehead atoms. The van der Waals surface area contributed by atoms with E-state index >= 15 is 0 Å². The fourth-order valence-electron chi connectivity index (χ4n) is 2.40. The van der Waals surface area contributed by atoms with Crippen molar-refractivity contribution in [2.75, 3.05) is 0 Å². The Labute approximate surface area is 115 Å². The Morgan fingerprint density at radius 2 is 2.42 bits per heavy atom. The molecule has 98 valence electrons. The minimum absolute atomic E-state index is 0.112. The van der Waals surface area contributed by atoms with Crippen LogP contribution in [0.4, 0.5) is 0 Å². The highest BCUT2D eigenvalue weighted by atomic mass is 32.1. The van der Waals surface area contributed by atoms with Crippen molar-refractivity contribution >= 4 is 18.1 Å². The average Bonchev–Trinajstić information content (AvgIpc) is 2.86. The molecule has 1 atom stereocenters. The van der Waals surface area contributed by atoms with Gasteiger partial charge in [0.25, 0.3) is 5.91 Å². The molecular formula is C13H14N4OS. The minimum atomic E-state index is -0.112. The molecule has 0 spiro atoms. The summed E-state index contributed by atoms with van der Waals surface area (Å²) in [6, 6.07) is 3.66. The van der Waals surface area contributed by atoms with Crippen LogP contribution in [-0.4, -0.2) is 27.1 Å². The molecule has 0 aromatic carbocycles. The van der Waals surface area contributed by atoms with Crippen LogP contribution in [0.15, 0.2) is 24.5 Å². The Morgan fingerprint density at radius 1 is 1.53 bits per heavy atom. The standard InChI is InChI=1S/C13H14N4OS/c18-12(10-2-1-5-14-13(10)19)16-9-3-4-11-8(6-9)7-15-17-11/h1-2,5,7,9H,3-4,6H2,(H,14,19)(H,15,17)(H,16,18)/t9-/m1/s1. The van der Waals surface area contributed by atoms with Crippen LogP contribution in [0.25, 0.3) is 0 Å². The van der Waals surface area contributed by atoms with Gasteiger partial charge in [0.2, 0.25) is 0 Å². The fraction of sp³-hybridized carbons (Fsp3) is 0.308. The van der Waals surface area contributed by atoms with E-state index in [4.69, 9.17) is 12.2 Å². The number of fused-ring (bicyclic) bond motifs is 1. The van der Waals surface area contributed by atoms with E-state index in [2.05, 4.69) is 20.5 Å². The second-order valence-electron chi connectivity index (χ2n) is 4.70. The third-order valence-electron chi connectivity index (χ3n) is 3.41. The summed E-state index contributed by atoms with van der Waals surface area (Å²) in [4.78, 5) is 15.0. The number of aromatic nitrogens is 3. The van der Waals surface area contributed by atoms with Gasteiger partial charge in [-0.2, -0.15) is 5.10 Å². The Bertz CT molecular complexity index is 660. The summed E-state index contributed by atoms with van der Waals surface area (Å²) in [7, 11) is 0. The minimum Gasteiger partial charge on any atom is -0.352 e. The molecule has 0 radical (unpaired) electrons. The van der Waals surface area contributed by atoms with Gasteiger partial charge in [-0.3, -0.25) is 9.89 Å². The van der Waals surface area contributed by atoms with Gasteiger partial charge in [-0.25, -0.2) is 0 Å². The molecule has 0 fully saturated rings. The van der Waals surface area contributed by atoms with Crippen molar-refractivity contribution in [3.63, 3.8) is 0 Å². The smallest absolute Gasteiger partial charge is 0.254 e. The van der Waals surface area contributed by atoms with E-state index in [9.17, 15) is 4.79 Å². The first-order valence-corrected chi connectivity index (χ1v) is 6.64. The predicted molar refractivity (Wildman–Crippen MR) is 73.5 cm³/mol. The third-order valence-corrected chi connectivity index (χ3v) is 3.75. The van der Waals surface area contributed by atoms with Gasteiger partial charge in [-0.1, -0.05) is 12.2 Å². The second kappa shape index (κ2) is 4.97. The lowest BCUT2D eigenvalue weighted by molar-refractivity contribution is 0.0932. The monoisotopic (exact) mass is 274 g/mol. The van der Waals surface area contributed by atoms with Gasteiger partial charge in [0.05, 0.1) is 11.8 Å². The van der Waals surface area contributed by atoms with Gasteiger partial charge in [0.15, 0.2) is 0 Å². The molecule has 1 aliphatic rings. The van der Waals surface area contributed by atoms with Crippen molar-refractivity contribution < 1.29 is 4.79 Å². The normalized spacial score (nSPS) is 17.8. The van der Waals surface area contributed by atoms with E-state index in [1.165, 1.54) is 11.3 Å². The maximum atomic E-state index is 12.2. The third kappa shape index (κ3) is 2.44. The zero-order chi connectivity index (χ0) is 13.2. The van der Waals surface area contributed by atoms with Gasteiger partial charge in [0.1, 0.15) is 4.64 Å². The summed E-state index contributed by atoms with van der Waals surface area (Å²) >= 11 is 5.11. The van der Waals surface area contributed by atoms with Crippen molar-refractivity contribution in [3.05, 3.63) is 46.0 Å². The van der Waals surface area contributed by atoms with Gasteiger partial charge in [-0.05, 0) is 37.0 Å². The van der Waals surface area contributed by atoms with Crippen LogP contribution >= 0.6 is 12.2 Å². The Kier molecular flexibility index (Phi) is 3.16. The van der Waals surface area contributed by atoms with Crippen molar-refractivity contribution in [3.8, 4) is 0 Å². The zero-order valence-corrected chi connectivity index (χ0v) is 11.1. The number of aromatic amines is 2. The summed E-state index contributed by atoms with van der Waals surface area (Å²) in [5, 5.41) is 10.1. The van der Waals surface area contributed by atoms with Crippen molar-refractivity contribution in [1.82, 2.24) is 20.5 Å². The average molecular weight is 274 g/mol. The summed E-state index contributed by atoms with van der Waals surface area (Å²) in [5.41, 5.74) is 2.90. The van der Waals surface area contributed by atoms with Crippen molar-refractivity contribution in [2.24, 2.45) is 0 Å². The molecule has 1 aliphatic carbocycles. The first kappa shape index (κ1) is 12.1. The van der Waals surface area contributed by atoms with Crippen LogP contribution in [-0.2, 0) is 12.8 Å². The van der Waals surface area contributed by atoms with Crippen LogP contribution in [0, 0.1) is 4.64 Å². The largest absolute Gasteiger partial charge is 0.352 e. The number of H-pyrrole nitrogens is 2. The van der Waals surface area contributed by atoms with Crippen molar-refractivity contribution in [1.29, 1.82) is 0 Å². The van der Waals surface area contributed by atoms with Gasteiger partial charge in [0, 0.05) is 17.9 Å². The number of rotatable bonds is 2. The van der Waals surface area contributed by atoms with E-state index in [1.807, 2.05) is 6.20 Å². The van der Waals surface area contributed by atoms with Crippen molar-refractivity contribution in [2.45, 2.75) is 25.3 Å². The molecule has 0 unspecified atom stereocenters. The molecule has 2 aromatic heterocycles. The molecule has 0 aliphatic heterocycles. The Morgan fingerprint density at radius 3 is 3.26 bits per heavy atom. The molecule has 2 aromatic rings. The zero-order valence-electron chi connectivity index (χ0n) is 10.3. The maximum Gasteiger partial charge on any atom is 0.254 e. The number of carbonyl (C=O) groups excluding carboxylic acids is 1. The lowest BCUT2D eigenvalue weighted by Crippen LogP contribution is -2.38. The number of nitrogens with one attached hydrogen (secondary N) is 3. The molecule has 6 heteroatoms. The van der Waals surface area contributed by atoms with Gasteiger partial charge >= 0.3 is 0 Å². The predicted octanol–water partition coefficient (Wildman–Crippen LogP) is 1.75. The summed E-state index contributed by atoms with van der Waals surface area (Å²) in [6.07, 6.45) is 6.22. The van der Waals surface area contributed by atoms with Crippen LogP contribution in [0.1, 0.15) is 28.0 Å². The van der Waals surface area contributed by atoms with E-state index in [-0.39, 0.29) is 11.9 Å². The number of hydrogen-bond acceptors (Lipinski definition) is 3. The topological polar surface area (TPSA) is 73.6 Å². The molecular weight excluding hydrogens is 260 g/mol. The Hall–Kier alpha value is -1.95. The van der Waals surface area contributed by atoms with Gasteiger partial charge < -0.3 is 10.3 Å². The molecule has 0 saturated carbocycles. The lowest BCUT2D eigenvalue weighted by Gasteiger charge is -2.22. The second-order valence-corrected chi connectivity index (χ2v) is 5.11. The van der Waals surface area contributed by atoms with E-state index < -0.39 is 0 Å². The molecule has 0 saturated heterocycles. The SMILES string of the molecule is O=C(N[C@@H]1CCc2[nH]ncc2C1)c1ccc[nH]c1=S. The lowest BCUT2D eigenvalue weighted by atomic mass is 9.93. The van der Waals surface area contributed by atoms with Crippen LogP contribution in [0.3, 0.4) is 0 Å².